The predicted molar refractivity (Wildman–Crippen MR) is 76.6 cm³/mol. The third kappa shape index (κ3) is 2.63. The largest absolute Gasteiger partial charge is 0.491 e. The Morgan fingerprint density at radius 2 is 2.20 bits per heavy atom. The van der Waals surface area contributed by atoms with Gasteiger partial charge in [-0.25, -0.2) is 9.78 Å². The summed E-state index contributed by atoms with van der Waals surface area (Å²) >= 11 is 1.84. The number of pyridine rings is 1. The topological polar surface area (TPSA) is 59.4 Å². The first kappa shape index (κ1) is 13.0. The Balaban J connectivity index is 1.64. The minimum Gasteiger partial charge on any atom is -0.491 e. The van der Waals surface area contributed by atoms with E-state index in [1.165, 1.54) is 22.7 Å². The number of ether oxygens (including phenoxy) is 1. The van der Waals surface area contributed by atoms with E-state index < -0.39 is 5.97 Å². The van der Waals surface area contributed by atoms with Crippen LogP contribution in [0.25, 0.3) is 0 Å². The number of carboxylic acids is 1. The molecule has 3 rings (SSSR count). The SMILES string of the molecule is O=C(O)c1ccc(OCC2CSc3ccccc32)cn1. The van der Waals surface area contributed by atoms with Crippen molar-refractivity contribution in [2.75, 3.05) is 12.4 Å². The Morgan fingerprint density at radius 1 is 1.35 bits per heavy atom. The normalized spacial score (nSPS) is 16.7. The lowest BCUT2D eigenvalue weighted by molar-refractivity contribution is 0.0690. The summed E-state index contributed by atoms with van der Waals surface area (Å²) in [5, 5.41) is 8.78. The number of benzene rings is 1. The van der Waals surface area contributed by atoms with Gasteiger partial charge in [0, 0.05) is 16.6 Å². The number of thioether (sulfide) groups is 1. The maximum atomic E-state index is 10.7. The molecule has 1 atom stereocenters. The molecule has 0 spiro atoms. The maximum absolute atomic E-state index is 10.7. The first-order valence-corrected chi connectivity index (χ1v) is 7.26. The molecule has 20 heavy (non-hydrogen) atoms. The summed E-state index contributed by atoms with van der Waals surface area (Å²) in [5.74, 6) is 0.956. The van der Waals surface area contributed by atoms with Gasteiger partial charge in [-0.15, -0.1) is 11.8 Å². The molecule has 1 aliphatic rings. The van der Waals surface area contributed by atoms with Crippen molar-refractivity contribution in [1.29, 1.82) is 0 Å². The average molecular weight is 287 g/mol. The summed E-state index contributed by atoms with van der Waals surface area (Å²) in [6.45, 7) is 0.581. The van der Waals surface area contributed by atoms with Crippen molar-refractivity contribution < 1.29 is 14.6 Å². The number of fused-ring (bicyclic) bond motifs is 1. The number of aromatic nitrogens is 1. The molecule has 5 heteroatoms. The second-order valence-corrected chi connectivity index (χ2v) is 5.60. The average Bonchev–Trinajstić information content (AvgIpc) is 2.89. The highest BCUT2D eigenvalue weighted by Crippen LogP contribution is 2.39. The van der Waals surface area contributed by atoms with Crippen LogP contribution in [0.5, 0.6) is 5.75 Å². The maximum Gasteiger partial charge on any atom is 0.354 e. The third-order valence-corrected chi connectivity index (χ3v) is 4.46. The lowest BCUT2D eigenvalue weighted by atomic mass is 10.0. The second kappa shape index (κ2) is 5.54. The van der Waals surface area contributed by atoms with Crippen LogP contribution in [-0.2, 0) is 0 Å². The molecular weight excluding hydrogens is 274 g/mol. The van der Waals surface area contributed by atoms with Crippen molar-refractivity contribution >= 4 is 17.7 Å². The molecule has 1 N–H and O–H groups in total. The van der Waals surface area contributed by atoms with Gasteiger partial charge in [-0.05, 0) is 23.8 Å². The van der Waals surface area contributed by atoms with E-state index in [-0.39, 0.29) is 5.69 Å². The van der Waals surface area contributed by atoms with Crippen LogP contribution in [-0.4, -0.2) is 28.4 Å². The lowest BCUT2D eigenvalue weighted by Gasteiger charge is -2.12. The van der Waals surface area contributed by atoms with Crippen LogP contribution in [0.15, 0.2) is 47.5 Å². The van der Waals surface area contributed by atoms with Crippen molar-refractivity contribution in [3.05, 3.63) is 53.9 Å². The van der Waals surface area contributed by atoms with Gasteiger partial charge in [-0.2, -0.15) is 0 Å². The van der Waals surface area contributed by atoms with Crippen LogP contribution in [0.4, 0.5) is 0 Å². The standard InChI is InChI=1S/C15H13NO3S/c17-15(18)13-6-5-11(7-16-13)19-8-10-9-20-14-4-2-1-3-12(10)14/h1-7,10H,8-9H2,(H,17,18). The molecule has 0 bridgehead atoms. The fourth-order valence-electron chi connectivity index (χ4n) is 2.16. The van der Waals surface area contributed by atoms with Crippen LogP contribution < -0.4 is 4.74 Å². The van der Waals surface area contributed by atoms with Crippen LogP contribution >= 0.6 is 11.8 Å². The Labute approximate surface area is 120 Å². The quantitative estimate of drug-likeness (QED) is 0.936. The Kier molecular flexibility index (Phi) is 3.60. The number of aromatic carboxylic acids is 1. The minimum absolute atomic E-state index is 0.0270. The Morgan fingerprint density at radius 3 is 2.95 bits per heavy atom. The number of carboxylic acid groups (broad SMARTS) is 1. The molecule has 4 nitrogen and oxygen atoms in total. The number of hydrogen-bond acceptors (Lipinski definition) is 4. The van der Waals surface area contributed by atoms with Crippen LogP contribution in [0.2, 0.25) is 0 Å². The van der Waals surface area contributed by atoms with E-state index in [1.54, 1.807) is 6.07 Å². The highest BCUT2D eigenvalue weighted by atomic mass is 32.2. The smallest absolute Gasteiger partial charge is 0.354 e. The Bertz CT molecular complexity index is 627. The molecule has 2 aromatic rings. The van der Waals surface area contributed by atoms with Crippen LogP contribution in [0.3, 0.4) is 0 Å². The van der Waals surface area contributed by atoms with Gasteiger partial charge in [0.25, 0.3) is 0 Å². The number of nitrogens with zero attached hydrogens (tertiary/aromatic N) is 1. The zero-order chi connectivity index (χ0) is 13.9. The fraction of sp³-hybridized carbons (Fsp3) is 0.200. The van der Waals surface area contributed by atoms with E-state index in [0.717, 1.165) is 5.75 Å². The van der Waals surface area contributed by atoms with Crippen molar-refractivity contribution in [3.63, 3.8) is 0 Å². The molecule has 0 fully saturated rings. The lowest BCUT2D eigenvalue weighted by Crippen LogP contribution is -2.10. The molecule has 0 saturated heterocycles. The van der Waals surface area contributed by atoms with E-state index in [1.807, 2.05) is 23.9 Å². The zero-order valence-electron chi connectivity index (χ0n) is 10.7. The van der Waals surface area contributed by atoms with E-state index in [0.29, 0.717) is 18.3 Å². The molecule has 0 radical (unpaired) electrons. The first-order valence-electron chi connectivity index (χ1n) is 6.28. The fourth-order valence-corrected chi connectivity index (χ4v) is 3.39. The van der Waals surface area contributed by atoms with E-state index in [2.05, 4.69) is 17.1 Å². The van der Waals surface area contributed by atoms with Crippen LogP contribution in [0, 0.1) is 0 Å². The van der Waals surface area contributed by atoms with Gasteiger partial charge in [-0.1, -0.05) is 18.2 Å². The van der Waals surface area contributed by atoms with Crippen molar-refractivity contribution in [1.82, 2.24) is 4.98 Å². The summed E-state index contributed by atoms with van der Waals surface area (Å²) in [7, 11) is 0. The van der Waals surface area contributed by atoms with E-state index in [4.69, 9.17) is 9.84 Å². The summed E-state index contributed by atoms with van der Waals surface area (Å²) in [6.07, 6.45) is 1.46. The second-order valence-electron chi connectivity index (χ2n) is 4.54. The van der Waals surface area contributed by atoms with E-state index >= 15 is 0 Å². The third-order valence-electron chi connectivity index (χ3n) is 3.21. The first-order chi connectivity index (χ1) is 9.74. The highest BCUT2D eigenvalue weighted by Gasteiger charge is 2.23. The molecule has 0 aliphatic carbocycles. The number of carbonyl (C=O) groups is 1. The van der Waals surface area contributed by atoms with Gasteiger partial charge < -0.3 is 9.84 Å². The molecule has 1 aliphatic heterocycles. The van der Waals surface area contributed by atoms with Gasteiger partial charge in [-0.3, -0.25) is 0 Å². The number of hydrogen-bond donors (Lipinski definition) is 1. The van der Waals surface area contributed by atoms with Gasteiger partial charge in [0.05, 0.1) is 12.8 Å². The van der Waals surface area contributed by atoms with Crippen molar-refractivity contribution in [2.24, 2.45) is 0 Å². The monoisotopic (exact) mass is 287 g/mol. The molecule has 2 heterocycles. The van der Waals surface area contributed by atoms with Gasteiger partial charge in [0.15, 0.2) is 0 Å². The molecule has 102 valence electrons. The van der Waals surface area contributed by atoms with Crippen molar-refractivity contribution in [3.8, 4) is 5.75 Å². The van der Waals surface area contributed by atoms with Crippen LogP contribution in [0.1, 0.15) is 22.0 Å². The molecule has 1 aromatic heterocycles. The minimum atomic E-state index is -1.03. The number of rotatable bonds is 4. The predicted octanol–water partition coefficient (Wildman–Crippen LogP) is 3.05. The summed E-state index contributed by atoms with van der Waals surface area (Å²) < 4.78 is 5.71. The summed E-state index contributed by atoms with van der Waals surface area (Å²) in [4.78, 5) is 15.9. The van der Waals surface area contributed by atoms with Gasteiger partial charge >= 0.3 is 5.97 Å². The van der Waals surface area contributed by atoms with E-state index in [9.17, 15) is 4.79 Å². The Hall–Kier alpha value is -2.01. The van der Waals surface area contributed by atoms with Crippen molar-refractivity contribution in [2.45, 2.75) is 10.8 Å². The zero-order valence-corrected chi connectivity index (χ0v) is 11.5. The molecule has 0 saturated carbocycles. The molecular formula is C15H13NO3S. The molecule has 1 aromatic carbocycles. The van der Waals surface area contributed by atoms with Gasteiger partial charge in [0.1, 0.15) is 11.4 Å². The molecule has 0 amide bonds. The van der Waals surface area contributed by atoms with Gasteiger partial charge in [0.2, 0.25) is 0 Å². The summed E-state index contributed by atoms with van der Waals surface area (Å²) in [5.41, 5.74) is 1.35. The highest BCUT2D eigenvalue weighted by molar-refractivity contribution is 7.99. The molecule has 1 unspecified atom stereocenters. The summed E-state index contributed by atoms with van der Waals surface area (Å²) in [6, 6.07) is 11.4.